The van der Waals surface area contributed by atoms with Crippen LogP contribution < -0.4 is 0 Å². The lowest BCUT2D eigenvalue weighted by molar-refractivity contribution is -0.136. The summed E-state index contributed by atoms with van der Waals surface area (Å²) in [5, 5.41) is 15.2. The maximum Gasteiger partial charge on any atom is 0.303 e. The van der Waals surface area contributed by atoms with Crippen molar-refractivity contribution in [3.63, 3.8) is 0 Å². The van der Waals surface area contributed by atoms with E-state index >= 15 is 0 Å². The van der Waals surface area contributed by atoms with Gasteiger partial charge in [-0.2, -0.15) is 0 Å². The fraction of sp³-hybridized carbons (Fsp3) is 0.500. The van der Waals surface area contributed by atoms with Gasteiger partial charge in [-0.1, -0.05) is 0 Å². The lowest BCUT2D eigenvalue weighted by atomic mass is 10.2. The van der Waals surface area contributed by atoms with E-state index in [1.807, 2.05) is 0 Å². The fourth-order valence-corrected chi connectivity index (χ4v) is 0.705. The topological polar surface area (TPSA) is 76.2 Å². The van der Waals surface area contributed by atoms with Crippen LogP contribution in [0.2, 0.25) is 0 Å². The molecule has 1 aromatic heterocycles. The van der Waals surface area contributed by atoms with Gasteiger partial charge >= 0.3 is 5.97 Å². The number of carboxylic acid groups (broad SMARTS) is 1. The van der Waals surface area contributed by atoms with Gasteiger partial charge in [-0.15, -0.1) is 5.10 Å². The van der Waals surface area contributed by atoms with E-state index in [1.54, 1.807) is 6.92 Å². The second-order valence-electron chi connectivity index (χ2n) is 2.17. The van der Waals surface area contributed by atoms with Crippen LogP contribution in [0.15, 0.2) is 4.52 Å². The highest BCUT2D eigenvalue weighted by Crippen LogP contribution is 2.04. The number of carbonyl (C=O) groups is 1. The largest absolute Gasteiger partial charge is 0.481 e. The standard InChI is InChI=1S/C6H8N2O3/c1-4-5(7-8-11-4)2-3-6(9)10/h2-3H2,1H3,(H,9,10). The van der Waals surface area contributed by atoms with Crippen molar-refractivity contribution in [1.82, 2.24) is 10.4 Å². The molecule has 0 aliphatic rings. The molecule has 1 heterocycles. The van der Waals surface area contributed by atoms with Crippen LogP contribution in [0.4, 0.5) is 0 Å². The molecule has 0 saturated carbocycles. The second-order valence-corrected chi connectivity index (χ2v) is 2.17. The summed E-state index contributed by atoms with van der Waals surface area (Å²) in [6.45, 7) is 1.71. The van der Waals surface area contributed by atoms with Crippen LogP contribution in [-0.4, -0.2) is 21.4 Å². The average Bonchev–Trinajstić information content (AvgIpc) is 2.31. The van der Waals surface area contributed by atoms with Gasteiger partial charge in [-0.25, -0.2) is 0 Å². The third-order valence-corrected chi connectivity index (χ3v) is 1.32. The lowest BCUT2D eigenvalue weighted by Crippen LogP contribution is -1.98. The molecule has 0 spiro atoms. The second kappa shape index (κ2) is 3.14. The van der Waals surface area contributed by atoms with E-state index in [4.69, 9.17) is 5.11 Å². The summed E-state index contributed by atoms with van der Waals surface area (Å²) in [4.78, 5) is 10.1. The van der Waals surface area contributed by atoms with Crippen LogP contribution in [0.1, 0.15) is 17.9 Å². The molecule has 5 nitrogen and oxygen atoms in total. The Bertz CT molecular complexity index is 256. The number of nitrogens with zero attached hydrogens (tertiary/aromatic N) is 2. The third-order valence-electron chi connectivity index (χ3n) is 1.32. The molecule has 0 radical (unpaired) electrons. The SMILES string of the molecule is Cc1onnc1CCC(=O)O. The van der Waals surface area contributed by atoms with Gasteiger partial charge in [0.1, 0.15) is 5.69 Å². The molecule has 60 valence electrons. The minimum absolute atomic E-state index is 0.0645. The summed E-state index contributed by atoms with van der Waals surface area (Å²) in [6.07, 6.45) is 0.444. The first-order valence-electron chi connectivity index (χ1n) is 3.20. The predicted octanol–water partition coefficient (Wildman–Crippen LogP) is 0.395. The van der Waals surface area contributed by atoms with E-state index in [9.17, 15) is 4.79 Å². The summed E-state index contributed by atoms with van der Waals surface area (Å²) in [7, 11) is 0. The van der Waals surface area contributed by atoms with Gasteiger partial charge in [0, 0.05) is 11.7 Å². The Hall–Kier alpha value is -1.39. The number of carboxylic acids is 1. The molecular weight excluding hydrogens is 148 g/mol. The molecule has 0 aromatic carbocycles. The normalized spacial score (nSPS) is 9.91. The molecule has 11 heavy (non-hydrogen) atoms. The summed E-state index contributed by atoms with van der Waals surface area (Å²) < 4.78 is 4.64. The van der Waals surface area contributed by atoms with Gasteiger partial charge in [0.15, 0.2) is 5.76 Å². The number of rotatable bonds is 3. The average molecular weight is 156 g/mol. The summed E-state index contributed by atoms with van der Waals surface area (Å²) >= 11 is 0. The number of aryl methyl sites for hydroxylation is 2. The van der Waals surface area contributed by atoms with E-state index in [1.165, 1.54) is 0 Å². The summed E-state index contributed by atoms with van der Waals surface area (Å²) in [5.41, 5.74) is 0.618. The van der Waals surface area contributed by atoms with Crippen molar-refractivity contribution < 1.29 is 14.4 Å². The quantitative estimate of drug-likeness (QED) is 0.685. The van der Waals surface area contributed by atoms with Crippen molar-refractivity contribution in [2.24, 2.45) is 0 Å². The van der Waals surface area contributed by atoms with Gasteiger partial charge in [0.2, 0.25) is 0 Å². The Kier molecular flexibility index (Phi) is 2.20. The fourth-order valence-electron chi connectivity index (χ4n) is 0.705. The van der Waals surface area contributed by atoms with E-state index < -0.39 is 5.97 Å². The van der Waals surface area contributed by atoms with Crippen LogP contribution in [0.5, 0.6) is 0 Å². The predicted molar refractivity (Wildman–Crippen MR) is 35.0 cm³/mol. The van der Waals surface area contributed by atoms with Crippen molar-refractivity contribution in [2.75, 3.05) is 0 Å². The molecule has 0 aliphatic heterocycles. The molecule has 1 aromatic rings. The minimum atomic E-state index is -0.840. The van der Waals surface area contributed by atoms with Crippen molar-refractivity contribution >= 4 is 5.97 Å². The van der Waals surface area contributed by atoms with E-state index in [2.05, 4.69) is 14.9 Å². The molecule has 0 unspecified atom stereocenters. The highest BCUT2D eigenvalue weighted by atomic mass is 16.5. The summed E-state index contributed by atoms with van der Waals surface area (Å²) in [6, 6.07) is 0. The van der Waals surface area contributed by atoms with Crippen molar-refractivity contribution in [1.29, 1.82) is 0 Å². The third kappa shape index (κ3) is 2.03. The highest BCUT2D eigenvalue weighted by molar-refractivity contribution is 5.66. The van der Waals surface area contributed by atoms with E-state index in [-0.39, 0.29) is 6.42 Å². The maximum atomic E-state index is 10.1. The first-order chi connectivity index (χ1) is 5.20. The molecule has 0 bridgehead atoms. The highest BCUT2D eigenvalue weighted by Gasteiger charge is 2.06. The molecule has 0 amide bonds. The summed E-state index contributed by atoms with van der Waals surface area (Å²) in [5.74, 6) is -0.251. The van der Waals surface area contributed by atoms with Gasteiger partial charge < -0.3 is 9.63 Å². The van der Waals surface area contributed by atoms with Crippen LogP contribution in [0.25, 0.3) is 0 Å². The Labute approximate surface area is 63.0 Å². The minimum Gasteiger partial charge on any atom is -0.481 e. The monoisotopic (exact) mass is 156 g/mol. The van der Waals surface area contributed by atoms with E-state index in [0.717, 1.165) is 0 Å². The molecular formula is C6H8N2O3. The van der Waals surface area contributed by atoms with Gasteiger partial charge in [0.05, 0.1) is 6.42 Å². The number of aliphatic carboxylic acids is 1. The van der Waals surface area contributed by atoms with Gasteiger partial charge in [-0.3, -0.25) is 4.79 Å². The lowest BCUT2D eigenvalue weighted by Gasteiger charge is -1.89. The molecule has 0 fully saturated rings. The molecule has 1 rings (SSSR count). The first kappa shape index (κ1) is 7.71. The zero-order valence-corrected chi connectivity index (χ0v) is 6.07. The number of aromatic nitrogens is 2. The van der Waals surface area contributed by atoms with Gasteiger partial charge in [0.25, 0.3) is 0 Å². The maximum absolute atomic E-state index is 10.1. The zero-order chi connectivity index (χ0) is 8.27. The molecule has 0 saturated heterocycles. The van der Waals surface area contributed by atoms with Gasteiger partial charge in [-0.05, 0) is 6.92 Å². The number of hydrogen-bond donors (Lipinski definition) is 1. The Morgan fingerprint density at radius 3 is 2.91 bits per heavy atom. The molecule has 5 heteroatoms. The molecule has 1 N–H and O–H groups in total. The van der Waals surface area contributed by atoms with Crippen molar-refractivity contribution in [2.45, 2.75) is 19.8 Å². The Morgan fingerprint density at radius 1 is 1.73 bits per heavy atom. The van der Waals surface area contributed by atoms with Crippen molar-refractivity contribution in [3.8, 4) is 0 Å². The van der Waals surface area contributed by atoms with Crippen molar-refractivity contribution in [3.05, 3.63) is 11.5 Å². The first-order valence-corrected chi connectivity index (χ1v) is 3.20. The molecule has 0 aliphatic carbocycles. The van der Waals surface area contributed by atoms with Crippen LogP contribution in [0, 0.1) is 6.92 Å². The number of hydrogen-bond acceptors (Lipinski definition) is 4. The Balaban J connectivity index is 2.51. The van der Waals surface area contributed by atoms with Crippen LogP contribution >= 0.6 is 0 Å². The molecule has 0 atom stereocenters. The zero-order valence-electron chi connectivity index (χ0n) is 6.07. The van der Waals surface area contributed by atoms with Crippen LogP contribution in [-0.2, 0) is 11.2 Å². The van der Waals surface area contributed by atoms with E-state index in [0.29, 0.717) is 17.9 Å². The van der Waals surface area contributed by atoms with Crippen LogP contribution in [0.3, 0.4) is 0 Å². The smallest absolute Gasteiger partial charge is 0.303 e. The Morgan fingerprint density at radius 2 is 2.45 bits per heavy atom.